The van der Waals surface area contributed by atoms with Crippen LogP contribution < -0.4 is 0 Å². The zero-order chi connectivity index (χ0) is 14.1. The SMILES string of the molecule is CC(C)(C)[Si](C)(C)O[C@@H](Cc1ccccc1)[C@H]1CO1. The summed E-state index contributed by atoms with van der Waals surface area (Å²) in [4.78, 5) is 0. The van der Waals surface area contributed by atoms with Gasteiger partial charge in [0.15, 0.2) is 8.32 Å². The highest BCUT2D eigenvalue weighted by Gasteiger charge is 2.43. The molecule has 0 unspecified atom stereocenters. The van der Waals surface area contributed by atoms with Gasteiger partial charge in [0.25, 0.3) is 0 Å². The summed E-state index contributed by atoms with van der Waals surface area (Å²) < 4.78 is 12.0. The van der Waals surface area contributed by atoms with Gasteiger partial charge in [-0.1, -0.05) is 51.1 Å². The van der Waals surface area contributed by atoms with Gasteiger partial charge in [0.2, 0.25) is 0 Å². The molecule has 0 radical (unpaired) electrons. The Labute approximate surface area is 118 Å². The Morgan fingerprint density at radius 1 is 1.26 bits per heavy atom. The Morgan fingerprint density at radius 3 is 2.32 bits per heavy atom. The van der Waals surface area contributed by atoms with Crippen LogP contribution in [-0.4, -0.2) is 27.1 Å². The van der Waals surface area contributed by atoms with Crippen molar-refractivity contribution < 1.29 is 9.16 Å². The summed E-state index contributed by atoms with van der Waals surface area (Å²) in [6, 6.07) is 10.6. The number of benzene rings is 1. The number of epoxide rings is 1. The highest BCUT2D eigenvalue weighted by atomic mass is 28.4. The second-order valence-corrected chi connectivity index (χ2v) is 11.7. The van der Waals surface area contributed by atoms with Crippen molar-refractivity contribution >= 4 is 8.32 Å². The van der Waals surface area contributed by atoms with Crippen molar-refractivity contribution in [2.75, 3.05) is 6.61 Å². The van der Waals surface area contributed by atoms with Crippen molar-refractivity contribution in [1.29, 1.82) is 0 Å². The van der Waals surface area contributed by atoms with E-state index in [0.717, 1.165) is 13.0 Å². The molecule has 0 amide bonds. The van der Waals surface area contributed by atoms with E-state index in [1.165, 1.54) is 5.56 Å². The second kappa shape index (κ2) is 5.39. The van der Waals surface area contributed by atoms with E-state index in [9.17, 15) is 0 Å². The first-order valence-corrected chi connectivity index (χ1v) is 10.0. The molecule has 19 heavy (non-hydrogen) atoms. The van der Waals surface area contributed by atoms with Crippen molar-refractivity contribution in [3.63, 3.8) is 0 Å². The summed E-state index contributed by atoms with van der Waals surface area (Å²) in [6.07, 6.45) is 1.47. The molecule has 1 aromatic rings. The molecule has 2 atom stereocenters. The second-order valence-electron chi connectivity index (χ2n) is 6.98. The van der Waals surface area contributed by atoms with E-state index < -0.39 is 8.32 Å². The largest absolute Gasteiger partial charge is 0.411 e. The summed E-state index contributed by atoms with van der Waals surface area (Å²) in [6.45, 7) is 12.3. The molecule has 0 spiro atoms. The quantitative estimate of drug-likeness (QED) is 0.599. The molecule has 2 nitrogen and oxygen atoms in total. The molecule has 0 bridgehead atoms. The van der Waals surface area contributed by atoms with Crippen LogP contribution in [0.1, 0.15) is 26.3 Å². The van der Waals surface area contributed by atoms with Gasteiger partial charge in [-0.2, -0.15) is 0 Å². The van der Waals surface area contributed by atoms with Crippen molar-refractivity contribution in [3.8, 4) is 0 Å². The molecule has 1 heterocycles. The third kappa shape index (κ3) is 3.91. The lowest BCUT2D eigenvalue weighted by Crippen LogP contribution is -2.46. The van der Waals surface area contributed by atoms with Crippen molar-refractivity contribution in [1.82, 2.24) is 0 Å². The highest BCUT2D eigenvalue weighted by molar-refractivity contribution is 6.74. The summed E-state index contributed by atoms with van der Waals surface area (Å²) in [5, 5.41) is 0.247. The van der Waals surface area contributed by atoms with E-state index in [1.54, 1.807) is 0 Å². The highest BCUT2D eigenvalue weighted by Crippen LogP contribution is 2.39. The smallest absolute Gasteiger partial charge is 0.192 e. The van der Waals surface area contributed by atoms with E-state index in [-0.39, 0.29) is 11.1 Å². The van der Waals surface area contributed by atoms with Crippen LogP contribution in [0.3, 0.4) is 0 Å². The maximum absolute atomic E-state index is 6.54. The molecular formula is C16H26O2Si. The molecule has 2 rings (SSSR count). The van der Waals surface area contributed by atoms with Crippen LogP contribution in [0.15, 0.2) is 30.3 Å². The van der Waals surface area contributed by atoms with Gasteiger partial charge in [0.1, 0.15) is 6.10 Å². The van der Waals surface area contributed by atoms with Crippen LogP contribution >= 0.6 is 0 Å². The van der Waals surface area contributed by atoms with Gasteiger partial charge in [-0.15, -0.1) is 0 Å². The molecule has 0 saturated carbocycles. The first kappa shape index (κ1) is 14.8. The minimum absolute atomic E-state index is 0.211. The monoisotopic (exact) mass is 278 g/mol. The summed E-state index contributed by atoms with van der Waals surface area (Å²) >= 11 is 0. The lowest BCUT2D eigenvalue weighted by molar-refractivity contribution is 0.142. The molecule has 0 aliphatic carbocycles. The van der Waals surface area contributed by atoms with E-state index in [2.05, 4.69) is 64.2 Å². The Hall–Kier alpha value is -0.643. The first-order valence-electron chi connectivity index (χ1n) is 7.13. The standard InChI is InChI=1S/C16H26O2Si/c1-16(2,3)19(4,5)18-14(15-12-17-15)11-13-9-7-6-8-10-13/h6-10,14-15H,11-12H2,1-5H3/t14-,15+/m0/s1. The average Bonchev–Trinajstić information content (AvgIpc) is 3.11. The Morgan fingerprint density at radius 2 is 1.84 bits per heavy atom. The van der Waals surface area contributed by atoms with Gasteiger partial charge < -0.3 is 9.16 Å². The Bertz CT molecular complexity index is 405. The van der Waals surface area contributed by atoms with Crippen molar-refractivity contribution in [2.24, 2.45) is 0 Å². The lowest BCUT2D eigenvalue weighted by Gasteiger charge is -2.39. The van der Waals surface area contributed by atoms with Gasteiger partial charge in [0.05, 0.1) is 12.7 Å². The van der Waals surface area contributed by atoms with Crippen LogP contribution in [0.25, 0.3) is 0 Å². The molecule has 106 valence electrons. The number of hydrogen-bond donors (Lipinski definition) is 0. The van der Waals surface area contributed by atoms with Gasteiger partial charge in [0, 0.05) is 6.42 Å². The lowest BCUT2D eigenvalue weighted by atomic mass is 10.1. The maximum Gasteiger partial charge on any atom is 0.192 e. The van der Waals surface area contributed by atoms with Gasteiger partial charge in [-0.05, 0) is 23.7 Å². The maximum atomic E-state index is 6.54. The topological polar surface area (TPSA) is 21.8 Å². The van der Waals surface area contributed by atoms with Crippen molar-refractivity contribution in [3.05, 3.63) is 35.9 Å². The molecule has 1 aliphatic heterocycles. The summed E-state index contributed by atoms with van der Waals surface area (Å²) in [5.41, 5.74) is 1.33. The third-order valence-corrected chi connectivity index (χ3v) is 8.81. The third-order valence-electron chi connectivity index (χ3n) is 4.31. The van der Waals surface area contributed by atoms with E-state index in [1.807, 2.05) is 0 Å². The summed E-state index contributed by atoms with van der Waals surface area (Å²) in [7, 11) is -1.72. The fourth-order valence-electron chi connectivity index (χ4n) is 1.92. The molecule has 0 N–H and O–H groups in total. The fourth-order valence-corrected chi connectivity index (χ4v) is 3.27. The first-order chi connectivity index (χ1) is 8.79. The van der Waals surface area contributed by atoms with Gasteiger partial charge >= 0.3 is 0 Å². The molecule has 1 fully saturated rings. The molecule has 1 saturated heterocycles. The number of hydrogen-bond acceptors (Lipinski definition) is 2. The van der Waals surface area contributed by atoms with Crippen LogP contribution in [0.4, 0.5) is 0 Å². The van der Waals surface area contributed by atoms with Crippen LogP contribution in [0, 0.1) is 0 Å². The summed E-state index contributed by atoms with van der Waals surface area (Å²) in [5.74, 6) is 0. The van der Waals surface area contributed by atoms with Gasteiger partial charge in [-0.3, -0.25) is 0 Å². The molecule has 1 aromatic carbocycles. The zero-order valence-corrected chi connectivity index (χ0v) is 13.8. The predicted molar refractivity (Wildman–Crippen MR) is 82.0 cm³/mol. The van der Waals surface area contributed by atoms with Crippen LogP contribution in [-0.2, 0) is 15.6 Å². The molecule has 0 aromatic heterocycles. The minimum atomic E-state index is -1.72. The van der Waals surface area contributed by atoms with Crippen molar-refractivity contribution in [2.45, 2.75) is 57.5 Å². The van der Waals surface area contributed by atoms with Gasteiger partial charge in [-0.25, -0.2) is 0 Å². The fraction of sp³-hybridized carbons (Fsp3) is 0.625. The molecule has 1 aliphatic rings. The van der Waals surface area contributed by atoms with E-state index in [0.29, 0.717) is 6.10 Å². The van der Waals surface area contributed by atoms with Crippen LogP contribution in [0.5, 0.6) is 0 Å². The molecular weight excluding hydrogens is 252 g/mol. The van der Waals surface area contributed by atoms with Crippen LogP contribution in [0.2, 0.25) is 18.1 Å². The Kier molecular flexibility index (Phi) is 4.19. The zero-order valence-electron chi connectivity index (χ0n) is 12.8. The van der Waals surface area contributed by atoms with E-state index in [4.69, 9.17) is 9.16 Å². The number of ether oxygens (including phenoxy) is 1. The normalized spacial score (nSPS) is 21.2. The average molecular weight is 278 g/mol. The van der Waals surface area contributed by atoms with E-state index >= 15 is 0 Å². The Balaban J connectivity index is 2.05. The predicted octanol–water partition coefficient (Wildman–Crippen LogP) is 4.02. The number of rotatable bonds is 5. The minimum Gasteiger partial charge on any atom is -0.411 e. The molecule has 3 heteroatoms.